The van der Waals surface area contributed by atoms with Gasteiger partial charge in [-0.25, -0.2) is 4.98 Å². The summed E-state index contributed by atoms with van der Waals surface area (Å²) in [5, 5.41) is 6.94. The molecular formula is C23H40N6. The third-order valence-corrected chi connectivity index (χ3v) is 5.39. The standard InChI is InChI=1S/C23H40N6/c1-6-24-23(26-19(4)13-11-17-28(7-2)8-3)25-16-12-18-29-20(5)27-21-14-9-10-15-22(21)29/h9-10,14-15,19H,6-8,11-13,16-18H2,1-5H3,(H2,24,25,26). The first-order valence-corrected chi connectivity index (χ1v) is 11.3. The van der Waals surface area contributed by atoms with Crippen LogP contribution in [0.4, 0.5) is 0 Å². The lowest BCUT2D eigenvalue weighted by atomic mass is 10.2. The van der Waals surface area contributed by atoms with Crippen molar-refractivity contribution in [1.29, 1.82) is 0 Å². The number of para-hydroxylation sites is 2. The maximum absolute atomic E-state index is 4.79. The Bertz CT molecular complexity index is 747. The van der Waals surface area contributed by atoms with E-state index in [-0.39, 0.29) is 0 Å². The van der Waals surface area contributed by atoms with E-state index >= 15 is 0 Å². The number of hydrogen-bond acceptors (Lipinski definition) is 3. The van der Waals surface area contributed by atoms with Crippen molar-refractivity contribution in [2.75, 3.05) is 32.7 Å². The molecule has 162 valence electrons. The van der Waals surface area contributed by atoms with Crippen molar-refractivity contribution in [2.45, 2.75) is 66.5 Å². The quantitative estimate of drug-likeness (QED) is 0.323. The van der Waals surface area contributed by atoms with Gasteiger partial charge in [0.05, 0.1) is 11.0 Å². The average Bonchev–Trinajstić information content (AvgIpc) is 3.03. The molecule has 1 unspecified atom stereocenters. The van der Waals surface area contributed by atoms with Crippen LogP contribution in [0.5, 0.6) is 0 Å². The molecule has 29 heavy (non-hydrogen) atoms. The van der Waals surface area contributed by atoms with Crippen LogP contribution < -0.4 is 10.6 Å². The van der Waals surface area contributed by atoms with Crippen LogP contribution in [0, 0.1) is 6.92 Å². The summed E-state index contributed by atoms with van der Waals surface area (Å²) in [7, 11) is 0. The van der Waals surface area contributed by atoms with E-state index in [2.05, 4.69) is 77.9 Å². The van der Waals surface area contributed by atoms with Crippen LogP contribution in [0.1, 0.15) is 52.8 Å². The summed E-state index contributed by atoms with van der Waals surface area (Å²) in [6, 6.07) is 8.76. The Kier molecular flexibility index (Phi) is 9.98. The van der Waals surface area contributed by atoms with Gasteiger partial charge in [-0.2, -0.15) is 0 Å². The predicted molar refractivity (Wildman–Crippen MR) is 125 cm³/mol. The van der Waals surface area contributed by atoms with E-state index in [1.807, 2.05) is 6.07 Å². The Labute approximate surface area is 176 Å². The van der Waals surface area contributed by atoms with Crippen molar-refractivity contribution in [1.82, 2.24) is 25.1 Å². The van der Waals surface area contributed by atoms with Gasteiger partial charge in [-0.3, -0.25) is 4.99 Å². The number of aliphatic imine (C=N–C) groups is 1. The molecule has 0 aliphatic rings. The second-order valence-electron chi connectivity index (χ2n) is 7.63. The molecule has 6 heteroatoms. The van der Waals surface area contributed by atoms with Crippen LogP contribution in [0.2, 0.25) is 0 Å². The highest BCUT2D eigenvalue weighted by Crippen LogP contribution is 2.15. The molecule has 1 heterocycles. The molecule has 1 atom stereocenters. The molecule has 6 nitrogen and oxygen atoms in total. The largest absolute Gasteiger partial charge is 0.357 e. The Hall–Kier alpha value is -2.08. The summed E-state index contributed by atoms with van der Waals surface area (Å²) in [6.07, 6.45) is 3.36. The Balaban J connectivity index is 1.81. The molecule has 2 rings (SSSR count). The van der Waals surface area contributed by atoms with Crippen molar-refractivity contribution in [3.8, 4) is 0 Å². The average molecular weight is 401 g/mol. The van der Waals surface area contributed by atoms with Crippen molar-refractivity contribution < 1.29 is 0 Å². The molecule has 2 aromatic rings. The minimum Gasteiger partial charge on any atom is -0.357 e. The van der Waals surface area contributed by atoms with Gasteiger partial charge in [-0.15, -0.1) is 0 Å². The number of nitrogens with zero attached hydrogens (tertiary/aromatic N) is 4. The molecule has 0 saturated heterocycles. The molecule has 2 N–H and O–H groups in total. The van der Waals surface area contributed by atoms with Gasteiger partial charge in [0, 0.05) is 25.7 Å². The highest BCUT2D eigenvalue weighted by Gasteiger charge is 2.08. The summed E-state index contributed by atoms with van der Waals surface area (Å²) >= 11 is 0. The zero-order valence-electron chi connectivity index (χ0n) is 19.0. The van der Waals surface area contributed by atoms with E-state index in [0.29, 0.717) is 6.04 Å². The van der Waals surface area contributed by atoms with Crippen molar-refractivity contribution in [3.05, 3.63) is 30.1 Å². The van der Waals surface area contributed by atoms with E-state index in [1.165, 1.54) is 18.5 Å². The molecule has 1 aromatic carbocycles. The summed E-state index contributed by atoms with van der Waals surface area (Å²) < 4.78 is 2.29. The predicted octanol–water partition coefficient (Wildman–Crippen LogP) is 3.80. The number of hydrogen-bond donors (Lipinski definition) is 2. The van der Waals surface area contributed by atoms with Gasteiger partial charge in [0.2, 0.25) is 0 Å². The first-order chi connectivity index (χ1) is 14.1. The highest BCUT2D eigenvalue weighted by molar-refractivity contribution is 5.80. The van der Waals surface area contributed by atoms with Crippen LogP contribution in [0.3, 0.4) is 0 Å². The lowest BCUT2D eigenvalue weighted by molar-refractivity contribution is 0.292. The molecule has 1 aromatic heterocycles. The van der Waals surface area contributed by atoms with Gasteiger partial charge in [-0.05, 0) is 71.8 Å². The molecule has 0 fully saturated rings. The molecule has 0 aliphatic carbocycles. The zero-order chi connectivity index (χ0) is 21.1. The maximum atomic E-state index is 4.79. The Morgan fingerprint density at radius 1 is 1.17 bits per heavy atom. The SMILES string of the molecule is CCNC(=NCCCn1c(C)nc2ccccc21)NC(C)CCCN(CC)CC. The smallest absolute Gasteiger partial charge is 0.191 e. The van der Waals surface area contributed by atoms with E-state index in [0.717, 1.165) is 62.9 Å². The summed E-state index contributed by atoms with van der Waals surface area (Å²) in [5.74, 6) is 2.00. The first-order valence-electron chi connectivity index (χ1n) is 11.3. The second kappa shape index (κ2) is 12.5. The summed E-state index contributed by atoms with van der Waals surface area (Å²) in [5.41, 5.74) is 2.28. The van der Waals surface area contributed by atoms with Gasteiger partial charge in [-0.1, -0.05) is 26.0 Å². The lowest BCUT2D eigenvalue weighted by Gasteiger charge is -2.21. The molecule has 0 aliphatic heterocycles. The van der Waals surface area contributed by atoms with Gasteiger partial charge in [0.25, 0.3) is 0 Å². The normalized spacial score (nSPS) is 13.2. The van der Waals surface area contributed by atoms with Crippen LogP contribution in [0.15, 0.2) is 29.3 Å². The third-order valence-electron chi connectivity index (χ3n) is 5.39. The summed E-state index contributed by atoms with van der Waals surface area (Å²) in [4.78, 5) is 11.9. The number of imidazole rings is 1. The first kappa shape index (κ1) is 23.2. The van der Waals surface area contributed by atoms with E-state index < -0.39 is 0 Å². The monoisotopic (exact) mass is 400 g/mol. The van der Waals surface area contributed by atoms with Gasteiger partial charge >= 0.3 is 0 Å². The van der Waals surface area contributed by atoms with Crippen molar-refractivity contribution in [2.24, 2.45) is 4.99 Å². The number of guanidine groups is 1. The second-order valence-corrected chi connectivity index (χ2v) is 7.63. The van der Waals surface area contributed by atoms with Gasteiger partial charge in [0.15, 0.2) is 5.96 Å². The minimum absolute atomic E-state index is 0.420. The number of rotatable bonds is 12. The Morgan fingerprint density at radius 3 is 2.66 bits per heavy atom. The third kappa shape index (κ3) is 7.35. The topological polar surface area (TPSA) is 57.5 Å². The van der Waals surface area contributed by atoms with Crippen LogP contribution >= 0.6 is 0 Å². The zero-order valence-corrected chi connectivity index (χ0v) is 19.0. The minimum atomic E-state index is 0.420. The van der Waals surface area contributed by atoms with Gasteiger partial charge in [0.1, 0.15) is 5.82 Å². The van der Waals surface area contributed by atoms with E-state index in [1.54, 1.807) is 0 Å². The van der Waals surface area contributed by atoms with E-state index in [4.69, 9.17) is 4.99 Å². The fourth-order valence-corrected chi connectivity index (χ4v) is 3.68. The van der Waals surface area contributed by atoms with Crippen LogP contribution in [-0.2, 0) is 6.54 Å². The number of benzene rings is 1. The number of fused-ring (bicyclic) bond motifs is 1. The number of nitrogens with one attached hydrogen (secondary N) is 2. The molecule has 0 bridgehead atoms. The Morgan fingerprint density at radius 2 is 1.93 bits per heavy atom. The van der Waals surface area contributed by atoms with E-state index in [9.17, 15) is 0 Å². The fourth-order valence-electron chi connectivity index (χ4n) is 3.68. The van der Waals surface area contributed by atoms with Gasteiger partial charge < -0.3 is 20.1 Å². The number of aryl methyl sites for hydroxylation is 2. The highest BCUT2D eigenvalue weighted by atomic mass is 15.2. The molecule has 0 amide bonds. The van der Waals surface area contributed by atoms with Crippen LogP contribution in [0.25, 0.3) is 11.0 Å². The molecule has 0 saturated carbocycles. The maximum Gasteiger partial charge on any atom is 0.191 e. The van der Waals surface area contributed by atoms with Crippen LogP contribution in [-0.4, -0.2) is 59.2 Å². The van der Waals surface area contributed by atoms with Crippen molar-refractivity contribution >= 4 is 17.0 Å². The lowest BCUT2D eigenvalue weighted by Crippen LogP contribution is -2.42. The molecule has 0 radical (unpaired) electrons. The molecule has 0 spiro atoms. The fraction of sp³-hybridized carbons (Fsp3) is 0.652. The van der Waals surface area contributed by atoms with Crippen molar-refractivity contribution in [3.63, 3.8) is 0 Å². The summed E-state index contributed by atoms with van der Waals surface area (Å²) in [6.45, 7) is 17.0. The number of aromatic nitrogens is 2. The molecular weight excluding hydrogens is 360 g/mol.